The molecule has 1 saturated carbocycles. The van der Waals surface area contributed by atoms with Gasteiger partial charge in [0.2, 0.25) is 0 Å². The van der Waals surface area contributed by atoms with Crippen molar-refractivity contribution in [1.82, 2.24) is 4.90 Å². The van der Waals surface area contributed by atoms with E-state index in [1.807, 2.05) is 49.2 Å². The molecular formula is C17H26N2O2. The number of hydrogen-bond donors (Lipinski definition) is 0. The Morgan fingerprint density at radius 2 is 1.86 bits per heavy atom. The predicted molar refractivity (Wildman–Crippen MR) is 85.2 cm³/mol. The van der Waals surface area contributed by atoms with Crippen LogP contribution in [0.2, 0.25) is 0 Å². The fourth-order valence-corrected chi connectivity index (χ4v) is 2.75. The van der Waals surface area contributed by atoms with Crippen LogP contribution in [0, 0.1) is 0 Å². The summed E-state index contributed by atoms with van der Waals surface area (Å²) in [6.07, 6.45) is 6.78. The number of carbonyl (C=O) groups is 1. The van der Waals surface area contributed by atoms with Crippen molar-refractivity contribution in [3.8, 4) is 0 Å². The van der Waals surface area contributed by atoms with E-state index in [-0.39, 0.29) is 6.03 Å². The largest absolute Gasteiger partial charge is 0.348 e. The summed E-state index contributed by atoms with van der Waals surface area (Å²) in [6.45, 7) is 2.58. The number of carbonyl (C=O) groups excluding carboxylic acids is 1. The van der Waals surface area contributed by atoms with Gasteiger partial charge in [0.15, 0.2) is 0 Å². The number of benzene rings is 1. The molecule has 1 aromatic carbocycles. The molecule has 0 N–H and O–H groups in total. The molecular weight excluding hydrogens is 264 g/mol. The highest BCUT2D eigenvalue weighted by atomic mass is 16.7. The van der Waals surface area contributed by atoms with Crippen LogP contribution in [0.15, 0.2) is 30.3 Å². The van der Waals surface area contributed by atoms with Gasteiger partial charge in [-0.1, -0.05) is 44.4 Å². The second kappa shape index (κ2) is 8.03. The lowest BCUT2D eigenvalue weighted by Crippen LogP contribution is -2.47. The van der Waals surface area contributed by atoms with Gasteiger partial charge >= 0.3 is 6.03 Å². The Morgan fingerprint density at radius 3 is 2.48 bits per heavy atom. The van der Waals surface area contributed by atoms with E-state index in [9.17, 15) is 4.79 Å². The smallest absolute Gasteiger partial charge is 0.323 e. The van der Waals surface area contributed by atoms with E-state index in [0.29, 0.717) is 12.6 Å². The molecule has 21 heavy (non-hydrogen) atoms. The zero-order valence-corrected chi connectivity index (χ0v) is 13.1. The van der Waals surface area contributed by atoms with Crippen LogP contribution in [0.4, 0.5) is 10.5 Å². The van der Waals surface area contributed by atoms with E-state index in [1.54, 1.807) is 0 Å². The summed E-state index contributed by atoms with van der Waals surface area (Å²) < 4.78 is 0. The third kappa shape index (κ3) is 4.21. The lowest BCUT2D eigenvalue weighted by molar-refractivity contribution is 0.0937. The van der Waals surface area contributed by atoms with Gasteiger partial charge in [-0.15, -0.1) is 0 Å². The molecule has 1 fully saturated rings. The van der Waals surface area contributed by atoms with Crippen molar-refractivity contribution in [1.29, 1.82) is 0 Å². The summed E-state index contributed by atoms with van der Waals surface area (Å²) in [6, 6.07) is 9.86. The SMILES string of the molecule is CCCON(C(=O)N(C)C1CCCCC1)c1ccccc1. The highest BCUT2D eigenvalue weighted by molar-refractivity contribution is 5.89. The van der Waals surface area contributed by atoms with Gasteiger partial charge in [0.25, 0.3) is 0 Å². The average molecular weight is 290 g/mol. The molecule has 0 bridgehead atoms. The Bertz CT molecular complexity index is 430. The summed E-state index contributed by atoms with van der Waals surface area (Å²) in [4.78, 5) is 20.3. The molecule has 0 aromatic heterocycles. The van der Waals surface area contributed by atoms with Crippen LogP contribution in [0.5, 0.6) is 0 Å². The molecule has 2 rings (SSSR count). The Hall–Kier alpha value is -1.55. The first kappa shape index (κ1) is 15.8. The van der Waals surface area contributed by atoms with Crippen molar-refractivity contribution in [3.05, 3.63) is 30.3 Å². The van der Waals surface area contributed by atoms with Gasteiger partial charge in [0, 0.05) is 13.1 Å². The summed E-state index contributed by atoms with van der Waals surface area (Å²) in [5.41, 5.74) is 0.790. The van der Waals surface area contributed by atoms with Crippen molar-refractivity contribution in [2.75, 3.05) is 18.7 Å². The number of rotatable bonds is 5. The molecule has 4 heteroatoms. The van der Waals surface area contributed by atoms with Crippen LogP contribution in [0.3, 0.4) is 0 Å². The monoisotopic (exact) mass is 290 g/mol. The summed E-state index contributed by atoms with van der Waals surface area (Å²) in [7, 11) is 1.89. The van der Waals surface area contributed by atoms with Gasteiger partial charge in [0.05, 0.1) is 12.3 Å². The van der Waals surface area contributed by atoms with Crippen molar-refractivity contribution in [3.63, 3.8) is 0 Å². The van der Waals surface area contributed by atoms with Gasteiger partial charge in [-0.3, -0.25) is 4.84 Å². The van der Waals surface area contributed by atoms with Crippen LogP contribution < -0.4 is 5.06 Å². The van der Waals surface area contributed by atoms with Crippen molar-refractivity contribution >= 4 is 11.7 Å². The Labute approximate surface area is 127 Å². The van der Waals surface area contributed by atoms with Crippen LogP contribution in [-0.2, 0) is 4.84 Å². The third-order valence-corrected chi connectivity index (χ3v) is 4.01. The number of para-hydroxylation sites is 1. The molecule has 0 spiro atoms. The molecule has 0 saturated heterocycles. The zero-order valence-electron chi connectivity index (χ0n) is 13.1. The summed E-state index contributed by atoms with van der Waals surface area (Å²) >= 11 is 0. The number of hydrogen-bond acceptors (Lipinski definition) is 2. The predicted octanol–water partition coefficient (Wildman–Crippen LogP) is 4.22. The minimum Gasteiger partial charge on any atom is -0.323 e. The molecule has 0 atom stereocenters. The van der Waals surface area contributed by atoms with E-state index in [4.69, 9.17) is 4.84 Å². The lowest BCUT2D eigenvalue weighted by Gasteiger charge is -2.34. The van der Waals surface area contributed by atoms with Crippen LogP contribution in [-0.4, -0.2) is 30.6 Å². The van der Waals surface area contributed by atoms with Crippen LogP contribution in [0.25, 0.3) is 0 Å². The van der Waals surface area contributed by atoms with Crippen LogP contribution >= 0.6 is 0 Å². The van der Waals surface area contributed by atoms with E-state index >= 15 is 0 Å². The molecule has 0 heterocycles. The number of hydroxylamine groups is 1. The molecule has 0 aliphatic heterocycles. The maximum absolute atomic E-state index is 12.8. The summed E-state index contributed by atoms with van der Waals surface area (Å²) in [5.74, 6) is 0. The van der Waals surface area contributed by atoms with Crippen molar-refractivity contribution < 1.29 is 9.63 Å². The number of amides is 2. The maximum Gasteiger partial charge on any atom is 0.348 e. The highest BCUT2D eigenvalue weighted by Crippen LogP contribution is 2.24. The first-order valence-corrected chi connectivity index (χ1v) is 7.99. The van der Waals surface area contributed by atoms with Gasteiger partial charge in [-0.05, 0) is 31.4 Å². The average Bonchev–Trinajstić information content (AvgIpc) is 2.56. The number of nitrogens with zero attached hydrogens (tertiary/aromatic N) is 2. The second-order valence-electron chi connectivity index (χ2n) is 5.65. The highest BCUT2D eigenvalue weighted by Gasteiger charge is 2.27. The Kier molecular flexibility index (Phi) is 6.05. The Morgan fingerprint density at radius 1 is 1.19 bits per heavy atom. The minimum atomic E-state index is -0.0680. The molecule has 1 aliphatic rings. The molecule has 116 valence electrons. The molecule has 4 nitrogen and oxygen atoms in total. The first-order chi connectivity index (χ1) is 10.2. The third-order valence-electron chi connectivity index (χ3n) is 4.01. The molecule has 0 radical (unpaired) electrons. The van der Waals surface area contributed by atoms with Gasteiger partial charge in [-0.2, -0.15) is 5.06 Å². The van der Waals surface area contributed by atoms with E-state index in [0.717, 1.165) is 24.9 Å². The first-order valence-electron chi connectivity index (χ1n) is 7.99. The second-order valence-corrected chi connectivity index (χ2v) is 5.65. The normalized spacial score (nSPS) is 15.7. The molecule has 1 aliphatic carbocycles. The van der Waals surface area contributed by atoms with Gasteiger partial charge < -0.3 is 4.90 Å². The molecule has 1 aromatic rings. The standard InChI is InChI=1S/C17H26N2O2/c1-3-14-21-19(16-12-8-5-9-13-16)17(20)18(2)15-10-6-4-7-11-15/h5,8-9,12-13,15H,3-4,6-7,10-11,14H2,1-2H3. The van der Waals surface area contributed by atoms with Crippen molar-refractivity contribution in [2.24, 2.45) is 0 Å². The van der Waals surface area contributed by atoms with Gasteiger partial charge in [-0.25, -0.2) is 4.79 Å². The lowest BCUT2D eigenvalue weighted by atomic mass is 9.95. The number of anilines is 1. The summed E-state index contributed by atoms with van der Waals surface area (Å²) in [5, 5.41) is 1.44. The minimum absolute atomic E-state index is 0.0680. The number of urea groups is 1. The fraction of sp³-hybridized carbons (Fsp3) is 0.588. The van der Waals surface area contributed by atoms with Crippen LogP contribution in [0.1, 0.15) is 45.4 Å². The van der Waals surface area contributed by atoms with Gasteiger partial charge in [0.1, 0.15) is 0 Å². The van der Waals surface area contributed by atoms with E-state index in [2.05, 4.69) is 0 Å². The molecule has 0 unspecified atom stereocenters. The zero-order chi connectivity index (χ0) is 15.1. The fourth-order valence-electron chi connectivity index (χ4n) is 2.75. The maximum atomic E-state index is 12.8. The Balaban J connectivity index is 2.09. The quantitative estimate of drug-likeness (QED) is 0.761. The topological polar surface area (TPSA) is 32.8 Å². The van der Waals surface area contributed by atoms with E-state index in [1.165, 1.54) is 24.3 Å². The molecule has 2 amide bonds. The van der Waals surface area contributed by atoms with Crippen molar-refractivity contribution in [2.45, 2.75) is 51.5 Å². The van der Waals surface area contributed by atoms with E-state index < -0.39 is 0 Å².